The molecular weight excluding hydrogens is 435 g/mol. The van der Waals surface area contributed by atoms with Crippen LogP contribution in [0.4, 0.5) is 54.0 Å². The average Bonchev–Trinajstić information content (AvgIpc) is 2.44. The lowest BCUT2D eigenvalue weighted by atomic mass is 10.2. The third kappa shape index (κ3) is 4.54. The summed E-state index contributed by atoms with van der Waals surface area (Å²) in [6, 6.07) is 3.60. The molecule has 15 heteroatoms. The van der Waals surface area contributed by atoms with Crippen LogP contribution < -0.4 is 5.32 Å². The van der Waals surface area contributed by atoms with Crippen molar-refractivity contribution in [3.8, 4) is 0 Å². The van der Waals surface area contributed by atoms with Gasteiger partial charge >= 0.3 is 30.2 Å². The standard InChI is InChI=1S/C12H5ClF11NO2/c13-5-2-1-3-6(4-5)25-7(26)8(14,10(17,18)19)27-12(23,24)9(15,16)11(20,21)22/h1-4H,(H,25,26)/t8-/m1/s1. The number of benzene rings is 1. The fourth-order valence-electron chi connectivity index (χ4n) is 1.42. The first-order chi connectivity index (χ1) is 11.8. The van der Waals surface area contributed by atoms with Gasteiger partial charge in [-0.15, -0.1) is 0 Å². The molecule has 1 aromatic carbocycles. The van der Waals surface area contributed by atoms with E-state index in [1.165, 1.54) is 0 Å². The Bertz CT molecular complexity index is 703. The highest BCUT2D eigenvalue weighted by molar-refractivity contribution is 6.30. The van der Waals surface area contributed by atoms with E-state index in [1.807, 2.05) is 0 Å². The van der Waals surface area contributed by atoms with Crippen LogP contribution >= 0.6 is 11.6 Å². The van der Waals surface area contributed by atoms with E-state index < -0.39 is 41.8 Å². The quantitative estimate of drug-likeness (QED) is 0.631. The SMILES string of the molecule is O=C(Nc1cccc(Cl)c1)[C@@](F)(OC(F)(F)C(F)(F)C(F)(F)F)C(F)(F)F. The van der Waals surface area contributed by atoms with Crippen LogP contribution in [0.15, 0.2) is 24.3 Å². The van der Waals surface area contributed by atoms with Crippen LogP contribution in [-0.4, -0.2) is 36.1 Å². The smallest absolute Gasteiger partial charge is 0.321 e. The number of amides is 1. The zero-order valence-corrected chi connectivity index (χ0v) is 12.9. The van der Waals surface area contributed by atoms with Crippen molar-refractivity contribution < 1.29 is 57.8 Å². The molecule has 27 heavy (non-hydrogen) atoms. The minimum Gasteiger partial charge on any atom is -0.321 e. The highest BCUT2D eigenvalue weighted by Gasteiger charge is 2.79. The van der Waals surface area contributed by atoms with Crippen molar-refractivity contribution in [2.45, 2.75) is 30.2 Å². The van der Waals surface area contributed by atoms with Gasteiger partial charge in [0.25, 0.3) is 5.91 Å². The first kappa shape index (κ1) is 23.2. The summed E-state index contributed by atoms with van der Waals surface area (Å²) in [6.07, 6.45) is -21.0. The molecule has 0 radical (unpaired) electrons. The molecule has 1 N–H and O–H groups in total. The number of anilines is 1. The Kier molecular flexibility index (Phi) is 5.99. The number of hydrogen-bond acceptors (Lipinski definition) is 2. The largest absolute Gasteiger partial charge is 0.462 e. The molecule has 3 nitrogen and oxygen atoms in total. The van der Waals surface area contributed by atoms with Gasteiger partial charge in [0.15, 0.2) is 0 Å². The van der Waals surface area contributed by atoms with Gasteiger partial charge in [-0.3, -0.25) is 9.53 Å². The molecule has 0 saturated carbocycles. The van der Waals surface area contributed by atoms with Crippen molar-refractivity contribution in [1.82, 2.24) is 0 Å². The predicted octanol–water partition coefficient (Wildman–Crippen LogP) is 5.31. The minimum absolute atomic E-state index is 0.237. The molecule has 0 heterocycles. The Morgan fingerprint density at radius 3 is 1.81 bits per heavy atom. The number of carbonyl (C=O) groups is 1. The fraction of sp³-hybridized carbons (Fsp3) is 0.417. The molecule has 0 aliphatic heterocycles. The van der Waals surface area contributed by atoms with E-state index in [-0.39, 0.29) is 5.02 Å². The zero-order valence-electron chi connectivity index (χ0n) is 12.2. The molecule has 1 aromatic rings. The summed E-state index contributed by atoms with van der Waals surface area (Å²) in [5.74, 6) is -16.7. The number of ether oxygens (including phenoxy) is 1. The van der Waals surface area contributed by atoms with Gasteiger partial charge in [-0.25, -0.2) is 0 Å². The van der Waals surface area contributed by atoms with Gasteiger partial charge in [0.05, 0.1) is 0 Å². The Hall–Kier alpha value is -1.83. The topological polar surface area (TPSA) is 38.3 Å². The van der Waals surface area contributed by atoms with Crippen LogP contribution in [0.3, 0.4) is 0 Å². The van der Waals surface area contributed by atoms with Crippen LogP contribution in [0.2, 0.25) is 5.02 Å². The van der Waals surface area contributed by atoms with E-state index in [2.05, 4.69) is 4.74 Å². The van der Waals surface area contributed by atoms with Crippen molar-refractivity contribution >= 4 is 23.2 Å². The van der Waals surface area contributed by atoms with E-state index in [0.29, 0.717) is 6.07 Å². The van der Waals surface area contributed by atoms with Crippen LogP contribution in [-0.2, 0) is 9.53 Å². The molecule has 154 valence electrons. The summed E-state index contributed by atoms with van der Waals surface area (Å²) in [4.78, 5) is 11.4. The van der Waals surface area contributed by atoms with E-state index in [4.69, 9.17) is 11.6 Å². The van der Waals surface area contributed by atoms with E-state index in [0.717, 1.165) is 23.5 Å². The van der Waals surface area contributed by atoms with Gasteiger partial charge in [0.1, 0.15) is 0 Å². The number of rotatable bonds is 5. The lowest BCUT2D eigenvalue weighted by Crippen LogP contribution is -2.62. The highest BCUT2D eigenvalue weighted by Crippen LogP contribution is 2.51. The normalized spacial score (nSPS) is 16.0. The molecule has 0 aromatic heterocycles. The second-order valence-corrected chi connectivity index (χ2v) is 5.18. The van der Waals surface area contributed by atoms with Gasteiger partial charge < -0.3 is 5.32 Å². The maximum Gasteiger partial charge on any atom is 0.462 e. The van der Waals surface area contributed by atoms with Gasteiger partial charge in [-0.2, -0.15) is 48.3 Å². The fourth-order valence-corrected chi connectivity index (χ4v) is 1.61. The second kappa shape index (κ2) is 6.96. The van der Waals surface area contributed by atoms with Crippen molar-refractivity contribution in [3.05, 3.63) is 29.3 Å². The summed E-state index contributed by atoms with van der Waals surface area (Å²) < 4.78 is 142. The van der Waals surface area contributed by atoms with Gasteiger partial charge in [-0.1, -0.05) is 17.7 Å². The van der Waals surface area contributed by atoms with Crippen LogP contribution in [0.5, 0.6) is 0 Å². The Balaban J connectivity index is 3.30. The van der Waals surface area contributed by atoms with E-state index in [9.17, 15) is 53.1 Å². The summed E-state index contributed by atoms with van der Waals surface area (Å²) in [6.45, 7) is 0. The zero-order chi connectivity index (χ0) is 21.5. The molecule has 1 rings (SSSR count). The van der Waals surface area contributed by atoms with Crippen molar-refractivity contribution in [2.24, 2.45) is 0 Å². The van der Waals surface area contributed by atoms with Crippen LogP contribution in [0.25, 0.3) is 0 Å². The van der Waals surface area contributed by atoms with Crippen molar-refractivity contribution in [3.63, 3.8) is 0 Å². The monoisotopic (exact) mass is 439 g/mol. The lowest BCUT2D eigenvalue weighted by Gasteiger charge is -2.34. The summed E-state index contributed by atoms with van der Waals surface area (Å²) in [5.41, 5.74) is -0.728. The van der Waals surface area contributed by atoms with Crippen LogP contribution in [0.1, 0.15) is 0 Å². The summed E-state index contributed by atoms with van der Waals surface area (Å²) in [5, 5.41) is 0.803. The maximum absolute atomic E-state index is 13.9. The molecule has 0 aliphatic rings. The first-order valence-electron chi connectivity index (χ1n) is 6.20. The molecule has 1 atom stereocenters. The average molecular weight is 440 g/mol. The van der Waals surface area contributed by atoms with Gasteiger partial charge in [0, 0.05) is 10.7 Å². The second-order valence-electron chi connectivity index (χ2n) is 4.75. The Labute approximate surface area is 147 Å². The van der Waals surface area contributed by atoms with Gasteiger partial charge in [0.2, 0.25) is 0 Å². The minimum atomic E-state index is -7.25. The number of alkyl halides is 11. The summed E-state index contributed by atoms with van der Waals surface area (Å²) >= 11 is 5.41. The van der Waals surface area contributed by atoms with Crippen LogP contribution in [0, 0.1) is 0 Å². The number of halogens is 12. The van der Waals surface area contributed by atoms with E-state index in [1.54, 1.807) is 0 Å². The number of carbonyl (C=O) groups excluding carboxylic acids is 1. The summed E-state index contributed by atoms with van der Waals surface area (Å²) in [7, 11) is 0. The first-order valence-corrected chi connectivity index (χ1v) is 6.58. The third-order valence-electron chi connectivity index (χ3n) is 2.73. The third-order valence-corrected chi connectivity index (χ3v) is 2.96. The molecule has 0 aliphatic carbocycles. The van der Waals surface area contributed by atoms with Crippen molar-refractivity contribution in [2.75, 3.05) is 5.32 Å². The number of hydrogen-bond donors (Lipinski definition) is 1. The predicted molar refractivity (Wildman–Crippen MR) is 67.0 cm³/mol. The molecule has 0 unspecified atom stereocenters. The Morgan fingerprint density at radius 2 is 1.41 bits per heavy atom. The molecule has 1 amide bonds. The lowest BCUT2D eigenvalue weighted by molar-refractivity contribution is -0.472. The number of nitrogens with one attached hydrogen (secondary N) is 1. The van der Waals surface area contributed by atoms with E-state index >= 15 is 0 Å². The van der Waals surface area contributed by atoms with Gasteiger partial charge in [-0.05, 0) is 18.2 Å². The highest BCUT2D eigenvalue weighted by atomic mass is 35.5. The molecule has 0 spiro atoms. The molecule has 0 saturated heterocycles. The molecule has 0 fully saturated rings. The molecular formula is C12H5ClF11NO2. The maximum atomic E-state index is 13.9. The van der Waals surface area contributed by atoms with Crippen molar-refractivity contribution in [1.29, 1.82) is 0 Å². The Morgan fingerprint density at radius 1 is 0.889 bits per heavy atom. The molecule has 0 bridgehead atoms.